The lowest BCUT2D eigenvalue weighted by molar-refractivity contribution is -0.121. The van der Waals surface area contributed by atoms with Crippen molar-refractivity contribution in [1.82, 2.24) is 20.9 Å². The fourth-order valence-electron chi connectivity index (χ4n) is 2.14. The first-order valence-corrected chi connectivity index (χ1v) is 9.07. The van der Waals surface area contributed by atoms with E-state index in [1.807, 2.05) is 6.92 Å². The summed E-state index contributed by atoms with van der Waals surface area (Å²) in [4.78, 5) is 21.6. The van der Waals surface area contributed by atoms with Crippen LogP contribution in [0, 0.1) is 13.8 Å². The van der Waals surface area contributed by atoms with Gasteiger partial charge in [-0.05, 0) is 33.1 Å². The maximum absolute atomic E-state index is 11.6. The number of rotatable bonds is 8. The molecular weight excluding hydrogens is 310 g/mol. The number of hydrogen-bond donors (Lipinski definition) is 3. The van der Waals surface area contributed by atoms with Gasteiger partial charge in [-0.2, -0.15) is 0 Å². The Hall–Kier alpha value is -1.63. The van der Waals surface area contributed by atoms with Crippen LogP contribution in [0.15, 0.2) is 4.99 Å². The molecule has 1 aliphatic carbocycles. The first kappa shape index (κ1) is 17.7. The molecule has 2 rings (SSSR count). The zero-order valence-electron chi connectivity index (χ0n) is 14.2. The van der Waals surface area contributed by atoms with Crippen molar-refractivity contribution in [2.75, 3.05) is 20.1 Å². The van der Waals surface area contributed by atoms with Gasteiger partial charge in [-0.3, -0.25) is 9.79 Å². The Kier molecular flexibility index (Phi) is 6.83. The van der Waals surface area contributed by atoms with Crippen LogP contribution >= 0.6 is 11.3 Å². The number of thiazole rings is 1. The zero-order chi connectivity index (χ0) is 16.7. The van der Waals surface area contributed by atoms with Crippen LogP contribution in [0.25, 0.3) is 0 Å². The smallest absolute Gasteiger partial charge is 0.220 e. The van der Waals surface area contributed by atoms with Gasteiger partial charge in [0.2, 0.25) is 5.91 Å². The van der Waals surface area contributed by atoms with Crippen LogP contribution in [-0.2, 0) is 11.2 Å². The molecule has 0 spiro atoms. The number of carbonyl (C=O) groups excluding carboxylic acids is 1. The van der Waals surface area contributed by atoms with Crippen molar-refractivity contribution >= 4 is 23.2 Å². The molecule has 1 aromatic heterocycles. The van der Waals surface area contributed by atoms with E-state index < -0.39 is 0 Å². The number of aliphatic imine (C=N–C) groups is 1. The molecule has 1 heterocycles. The molecule has 0 radical (unpaired) electrons. The van der Waals surface area contributed by atoms with Crippen molar-refractivity contribution in [2.45, 2.75) is 52.0 Å². The fourth-order valence-corrected chi connectivity index (χ4v) is 3.07. The molecule has 0 saturated heterocycles. The van der Waals surface area contributed by atoms with E-state index in [1.165, 1.54) is 4.88 Å². The maximum atomic E-state index is 11.6. The lowest BCUT2D eigenvalue weighted by atomic mass is 10.3. The average molecular weight is 337 g/mol. The fraction of sp³-hybridized carbons (Fsp3) is 0.688. The number of guanidine groups is 1. The SMILES string of the molecule is CN=C(NCCCC(=O)NC1CC1)NCCc1nc(C)c(C)s1. The van der Waals surface area contributed by atoms with Gasteiger partial charge in [0, 0.05) is 43.9 Å². The third kappa shape index (κ3) is 6.56. The number of nitrogens with zero attached hydrogens (tertiary/aromatic N) is 2. The quantitative estimate of drug-likeness (QED) is 0.382. The van der Waals surface area contributed by atoms with Crippen LogP contribution in [0.2, 0.25) is 0 Å². The van der Waals surface area contributed by atoms with Crippen LogP contribution in [0.5, 0.6) is 0 Å². The lowest BCUT2D eigenvalue weighted by Crippen LogP contribution is -2.39. The molecule has 0 aromatic carbocycles. The summed E-state index contributed by atoms with van der Waals surface area (Å²) in [5.41, 5.74) is 1.12. The van der Waals surface area contributed by atoms with Crippen LogP contribution < -0.4 is 16.0 Å². The normalized spacial score (nSPS) is 14.7. The molecule has 3 N–H and O–H groups in total. The molecule has 6 nitrogen and oxygen atoms in total. The van der Waals surface area contributed by atoms with Crippen LogP contribution in [0.1, 0.15) is 41.3 Å². The molecule has 1 aromatic rings. The number of hydrogen-bond acceptors (Lipinski definition) is 4. The Labute approximate surface area is 142 Å². The van der Waals surface area contributed by atoms with Crippen molar-refractivity contribution in [3.63, 3.8) is 0 Å². The summed E-state index contributed by atoms with van der Waals surface area (Å²) in [7, 11) is 1.76. The van der Waals surface area contributed by atoms with E-state index in [2.05, 4.69) is 32.9 Å². The molecule has 0 unspecified atom stereocenters. The minimum absolute atomic E-state index is 0.159. The molecule has 0 bridgehead atoms. The van der Waals surface area contributed by atoms with E-state index in [0.717, 1.165) is 55.4 Å². The molecule has 1 aliphatic rings. The van der Waals surface area contributed by atoms with E-state index in [0.29, 0.717) is 12.5 Å². The Balaban J connectivity index is 1.56. The topological polar surface area (TPSA) is 78.4 Å². The van der Waals surface area contributed by atoms with Gasteiger partial charge in [-0.25, -0.2) is 4.98 Å². The highest BCUT2D eigenvalue weighted by Crippen LogP contribution is 2.18. The summed E-state index contributed by atoms with van der Waals surface area (Å²) in [5, 5.41) is 10.7. The van der Waals surface area contributed by atoms with E-state index >= 15 is 0 Å². The van der Waals surface area contributed by atoms with Crippen molar-refractivity contribution in [1.29, 1.82) is 0 Å². The number of carbonyl (C=O) groups is 1. The number of nitrogens with one attached hydrogen (secondary N) is 3. The van der Waals surface area contributed by atoms with Crippen LogP contribution in [-0.4, -0.2) is 43.0 Å². The van der Waals surface area contributed by atoms with Crippen molar-refractivity contribution in [3.8, 4) is 0 Å². The van der Waals surface area contributed by atoms with E-state index in [4.69, 9.17) is 0 Å². The Morgan fingerprint density at radius 1 is 1.30 bits per heavy atom. The summed E-state index contributed by atoms with van der Waals surface area (Å²) in [6.07, 6.45) is 4.55. The average Bonchev–Trinajstić information content (AvgIpc) is 3.27. The van der Waals surface area contributed by atoms with Gasteiger partial charge in [-0.15, -0.1) is 11.3 Å². The van der Waals surface area contributed by atoms with Crippen molar-refractivity contribution in [3.05, 3.63) is 15.6 Å². The second-order valence-corrected chi connectivity index (χ2v) is 7.16. The minimum atomic E-state index is 0.159. The molecule has 1 fully saturated rings. The third-order valence-electron chi connectivity index (χ3n) is 3.74. The van der Waals surface area contributed by atoms with Gasteiger partial charge in [-0.1, -0.05) is 0 Å². The Bertz CT molecular complexity index is 531. The van der Waals surface area contributed by atoms with Gasteiger partial charge >= 0.3 is 0 Å². The van der Waals surface area contributed by atoms with Crippen molar-refractivity contribution < 1.29 is 4.79 Å². The summed E-state index contributed by atoms with van der Waals surface area (Å²) in [6.45, 7) is 5.69. The van der Waals surface area contributed by atoms with Gasteiger partial charge < -0.3 is 16.0 Å². The van der Waals surface area contributed by atoms with Gasteiger partial charge in [0.15, 0.2) is 5.96 Å². The molecule has 1 saturated carbocycles. The van der Waals surface area contributed by atoms with Gasteiger partial charge in [0.05, 0.1) is 10.7 Å². The summed E-state index contributed by atoms with van der Waals surface area (Å²) < 4.78 is 0. The van der Waals surface area contributed by atoms with E-state index in [1.54, 1.807) is 18.4 Å². The Morgan fingerprint density at radius 2 is 2.04 bits per heavy atom. The Morgan fingerprint density at radius 3 is 2.65 bits per heavy atom. The monoisotopic (exact) mass is 337 g/mol. The second-order valence-electron chi connectivity index (χ2n) is 5.87. The molecule has 1 amide bonds. The lowest BCUT2D eigenvalue weighted by Gasteiger charge is -2.11. The summed E-state index contributed by atoms with van der Waals surface area (Å²) in [6, 6.07) is 0.447. The van der Waals surface area contributed by atoms with Gasteiger partial charge in [0.1, 0.15) is 0 Å². The first-order valence-electron chi connectivity index (χ1n) is 8.25. The first-order chi connectivity index (χ1) is 11.1. The predicted molar refractivity (Wildman–Crippen MR) is 95.1 cm³/mol. The highest BCUT2D eigenvalue weighted by Gasteiger charge is 2.22. The van der Waals surface area contributed by atoms with Crippen LogP contribution in [0.3, 0.4) is 0 Å². The third-order valence-corrected chi connectivity index (χ3v) is 4.88. The number of amides is 1. The molecule has 0 atom stereocenters. The maximum Gasteiger partial charge on any atom is 0.220 e. The standard InChI is InChI=1S/C16H27N5OS/c1-11-12(2)23-15(20-11)8-10-19-16(17-3)18-9-4-5-14(22)21-13-6-7-13/h13H,4-10H2,1-3H3,(H,21,22)(H2,17,18,19). The molecule has 23 heavy (non-hydrogen) atoms. The molecule has 7 heteroatoms. The number of aromatic nitrogens is 1. The summed E-state index contributed by atoms with van der Waals surface area (Å²) in [5.74, 6) is 0.935. The number of aryl methyl sites for hydroxylation is 2. The molecule has 128 valence electrons. The zero-order valence-corrected chi connectivity index (χ0v) is 15.1. The highest BCUT2D eigenvalue weighted by atomic mass is 32.1. The van der Waals surface area contributed by atoms with Crippen molar-refractivity contribution in [2.24, 2.45) is 4.99 Å². The minimum Gasteiger partial charge on any atom is -0.356 e. The predicted octanol–water partition coefficient (Wildman–Crippen LogP) is 1.53. The van der Waals surface area contributed by atoms with Gasteiger partial charge in [0.25, 0.3) is 0 Å². The summed E-state index contributed by atoms with van der Waals surface area (Å²) >= 11 is 1.75. The van der Waals surface area contributed by atoms with E-state index in [9.17, 15) is 4.79 Å². The molecular formula is C16H27N5OS. The van der Waals surface area contributed by atoms with Crippen LogP contribution in [0.4, 0.5) is 0 Å². The van der Waals surface area contributed by atoms with E-state index in [-0.39, 0.29) is 5.91 Å². The highest BCUT2D eigenvalue weighted by molar-refractivity contribution is 7.11. The second kappa shape index (κ2) is 8.86. The largest absolute Gasteiger partial charge is 0.356 e. The molecule has 0 aliphatic heterocycles.